The van der Waals surface area contributed by atoms with Crippen molar-refractivity contribution in [2.75, 3.05) is 25.1 Å². The van der Waals surface area contributed by atoms with Crippen LogP contribution < -0.4 is 5.32 Å². The maximum atomic E-state index is 11.6. The summed E-state index contributed by atoms with van der Waals surface area (Å²) in [5.41, 5.74) is 0.880. The van der Waals surface area contributed by atoms with Gasteiger partial charge in [-0.1, -0.05) is 48.0 Å². The molecule has 0 radical (unpaired) electrons. The lowest BCUT2D eigenvalue weighted by Crippen LogP contribution is -2.34. The van der Waals surface area contributed by atoms with Crippen LogP contribution in [0.3, 0.4) is 0 Å². The van der Waals surface area contributed by atoms with Crippen molar-refractivity contribution >= 4 is 46.5 Å². The zero-order valence-electron chi connectivity index (χ0n) is 20.1. The number of hydrogen-bond donors (Lipinski definition) is 1. The standard InChI is InChI=1S/C27H36Cl3NO4/c1-2-12-33-26(32)10-6-4-3-5-9-22-23(18-31-21-15-19(28)14-20(29)16-21)25(17-24(22)30)35-27-11-7-8-13-34-27/h2-3,5,14-16,22-25,27,31H,1,4,6-13,17-18H2/b5-3-/t22-,23-,24-,25-,27?/m1/s1. The molecule has 35 heavy (non-hydrogen) atoms. The van der Waals surface area contributed by atoms with E-state index in [2.05, 4.69) is 24.0 Å². The van der Waals surface area contributed by atoms with E-state index in [1.165, 1.54) is 0 Å². The number of anilines is 1. The monoisotopic (exact) mass is 543 g/mol. The smallest absolute Gasteiger partial charge is 0.306 e. The molecular weight excluding hydrogens is 509 g/mol. The fourth-order valence-corrected chi connectivity index (χ4v) is 5.73. The molecule has 0 aromatic heterocycles. The molecule has 2 aliphatic rings. The van der Waals surface area contributed by atoms with E-state index in [-0.39, 0.29) is 42.2 Å². The number of unbranched alkanes of at least 4 members (excludes halogenated alkanes) is 1. The third-order valence-corrected chi connectivity index (χ3v) is 7.45. The van der Waals surface area contributed by atoms with Crippen molar-refractivity contribution in [3.63, 3.8) is 0 Å². The number of hydrogen-bond acceptors (Lipinski definition) is 5. The Kier molecular flexibility index (Phi) is 12.2. The van der Waals surface area contributed by atoms with Crippen molar-refractivity contribution in [2.24, 2.45) is 11.8 Å². The van der Waals surface area contributed by atoms with Gasteiger partial charge in [0.25, 0.3) is 0 Å². The maximum absolute atomic E-state index is 11.6. The van der Waals surface area contributed by atoms with Gasteiger partial charge in [0.05, 0.1) is 6.10 Å². The van der Waals surface area contributed by atoms with E-state index in [4.69, 9.17) is 49.0 Å². The van der Waals surface area contributed by atoms with Crippen LogP contribution in [0.5, 0.6) is 0 Å². The number of alkyl halides is 1. The van der Waals surface area contributed by atoms with Gasteiger partial charge in [-0.05, 0) is 69.1 Å². The van der Waals surface area contributed by atoms with E-state index in [0.29, 0.717) is 23.0 Å². The molecular formula is C27H36Cl3NO4. The lowest BCUT2D eigenvalue weighted by molar-refractivity contribution is -0.194. The van der Waals surface area contributed by atoms with Crippen LogP contribution in [0, 0.1) is 11.8 Å². The number of nitrogens with one attached hydrogen (secondary N) is 1. The third-order valence-electron chi connectivity index (χ3n) is 6.51. The van der Waals surface area contributed by atoms with Crippen molar-refractivity contribution in [2.45, 2.75) is 69.1 Å². The quantitative estimate of drug-likeness (QED) is 0.121. The highest BCUT2D eigenvalue weighted by Gasteiger charge is 2.43. The Hall–Kier alpha value is -1.24. The van der Waals surface area contributed by atoms with Crippen LogP contribution in [0.4, 0.5) is 5.69 Å². The minimum absolute atomic E-state index is 0.0110. The zero-order chi connectivity index (χ0) is 25.0. The van der Waals surface area contributed by atoms with Crippen molar-refractivity contribution in [1.82, 2.24) is 0 Å². The molecule has 0 bridgehead atoms. The van der Waals surface area contributed by atoms with Gasteiger partial charge < -0.3 is 19.5 Å². The van der Waals surface area contributed by atoms with Gasteiger partial charge in [-0.15, -0.1) is 11.6 Å². The first-order valence-electron chi connectivity index (χ1n) is 12.5. The van der Waals surface area contributed by atoms with E-state index in [1.807, 2.05) is 12.1 Å². The molecule has 3 rings (SSSR count). The van der Waals surface area contributed by atoms with Gasteiger partial charge in [0.2, 0.25) is 0 Å². The second-order valence-electron chi connectivity index (χ2n) is 9.16. The number of carbonyl (C=O) groups excluding carboxylic acids is 1. The van der Waals surface area contributed by atoms with Crippen LogP contribution >= 0.6 is 34.8 Å². The van der Waals surface area contributed by atoms with Crippen LogP contribution in [0.25, 0.3) is 0 Å². The minimum atomic E-state index is -0.188. The van der Waals surface area contributed by atoms with Gasteiger partial charge in [-0.3, -0.25) is 4.79 Å². The number of esters is 1. The van der Waals surface area contributed by atoms with Crippen molar-refractivity contribution in [3.8, 4) is 0 Å². The van der Waals surface area contributed by atoms with E-state index in [0.717, 1.165) is 57.2 Å². The summed E-state index contributed by atoms with van der Waals surface area (Å²) in [5, 5.41) is 4.70. The summed E-state index contributed by atoms with van der Waals surface area (Å²) in [6, 6.07) is 5.46. The van der Waals surface area contributed by atoms with Crippen molar-refractivity contribution < 1.29 is 19.0 Å². The summed E-state index contributed by atoms with van der Waals surface area (Å²) in [5.74, 6) is 0.271. The highest BCUT2D eigenvalue weighted by molar-refractivity contribution is 6.35. The first kappa shape index (κ1) is 28.3. The van der Waals surface area contributed by atoms with Gasteiger partial charge >= 0.3 is 5.97 Å². The van der Waals surface area contributed by atoms with Gasteiger partial charge in [-0.2, -0.15) is 0 Å². The molecule has 1 heterocycles. The summed E-state index contributed by atoms with van der Waals surface area (Å²) in [7, 11) is 0. The van der Waals surface area contributed by atoms with Crippen LogP contribution in [0.2, 0.25) is 10.0 Å². The largest absolute Gasteiger partial charge is 0.461 e. The first-order valence-corrected chi connectivity index (χ1v) is 13.7. The number of ether oxygens (including phenoxy) is 3. The number of benzene rings is 1. The van der Waals surface area contributed by atoms with Crippen molar-refractivity contribution in [1.29, 1.82) is 0 Å². The summed E-state index contributed by atoms with van der Waals surface area (Å²) in [6.45, 7) is 5.26. The molecule has 194 valence electrons. The highest BCUT2D eigenvalue weighted by Crippen LogP contribution is 2.41. The SMILES string of the molecule is C=CCOC(=O)CCC/C=C\C[C@@H]1[C@@H](CNc2cc(Cl)cc(Cl)c2)[C@H](OC2CCCCO2)C[C@H]1Cl. The van der Waals surface area contributed by atoms with Crippen molar-refractivity contribution in [3.05, 3.63) is 53.1 Å². The molecule has 5 nitrogen and oxygen atoms in total. The van der Waals surface area contributed by atoms with E-state index in [1.54, 1.807) is 12.1 Å². The van der Waals surface area contributed by atoms with Crippen LogP contribution in [0.1, 0.15) is 51.4 Å². The summed E-state index contributed by atoms with van der Waals surface area (Å²) in [6.07, 6.45) is 12.5. The van der Waals surface area contributed by atoms with Crippen LogP contribution in [0.15, 0.2) is 43.0 Å². The molecule has 1 unspecified atom stereocenters. The topological polar surface area (TPSA) is 56.8 Å². The lowest BCUT2D eigenvalue weighted by Gasteiger charge is -2.30. The number of rotatable bonds is 13. The van der Waals surface area contributed by atoms with Crippen LogP contribution in [-0.4, -0.2) is 43.5 Å². The molecule has 1 aromatic rings. The minimum Gasteiger partial charge on any atom is -0.461 e. The van der Waals surface area contributed by atoms with Crippen LogP contribution in [-0.2, 0) is 19.0 Å². The van der Waals surface area contributed by atoms with E-state index in [9.17, 15) is 4.79 Å². The number of carbonyl (C=O) groups is 1. The normalized spacial score (nSPS) is 26.7. The first-order chi connectivity index (χ1) is 17.0. The Morgan fingerprint density at radius 1 is 1.17 bits per heavy atom. The fraction of sp³-hybridized carbons (Fsp3) is 0.593. The Labute approximate surface area is 224 Å². The Balaban J connectivity index is 1.57. The average Bonchev–Trinajstić information content (AvgIpc) is 3.12. The average molecular weight is 545 g/mol. The predicted octanol–water partition coefficient (Wildman–Crippen LogP) is 7.41. The third kappa shape index (κ3) is 9.62. The second-order valence-corrected chi connectivity index (χ2v) is 10.6. The lowest BCUT2D eigenvalue weighted by atomic mass is 9.91. The molecule has 1 aliphatic carbocycles. The Morgan fingerprint density at radius 3 is 2.69 bits per heavy atom. The maximum Gasteiger partial charge on any atom is 0.306 e. The zero-order valence-corrected chi connectivity index (χ0v) is 22.4. The molecule has 0 amide bonds. The number of allylic oxidation sites excluding steroid dienone is 2. The molecule has 1 N–H and O–H groups in total. The summed E-state index contributed by atoms with van der Waals surface area (Å²) in [4.78, 5) is 11.6. The van der Waals surface area contributed by atoms with Gasteiger partial charge in [0, 0.05) is 46.6 Å². The Bertz CT molecular complexity index is 823. The van der Waals surface area contributed by atoms with E-state index >= 15 is 0 Å². The molecule has 1 aromatic carbocycles. The molecule has 1 saturated carbocycles. The molecule has 0 spiro atoms. The molecule has 5 atom stereocenters. The molecule has 1 aliphatic heterocycles. The van der Waals surface area contributed by atoms with Gasteiger partial charge in [0.1, 0.15) is 6.61 Å². The summed E-state index contributed by atoms with van der Waals surface area (Å²) < 4.78 is 17.3. The summed E-state index contributed by atoms with van der Waals surface area (Å²) >= 11 is 19.2. The highest BCUT2D eigenvalue weighted by atomic mass is 35.5. The molecule has 8 heteroatoms. The Morgan fingerprint density at radius 2 is 1.97 bits per heavy atom. The van der Waals surface area contributed by atoms with E-state index < -0.39 is 0 Å². The number of halogens is 3. The predicted molar refractivity (Wildman–Crippen MR) is 143 cm³/mol. The van der Waals surface area contributed by atoms with Gasteiger partial charge in [-0.25, -0.2) is 0 Å². The molecule has 1 saturated heterocycles. The van der Waals surface area contributed by atoms with Gasteiger partial charge in [0.15, 0.2) is 6.29 Å². The second kappa shape index (κ2) is 15.1. The fourth-order valence-electron chi connectivity index (χ4n) is 4.74. The molecule has 2 fully saturated rings.